The number of rotatable bonds is 8. The van der Waals surface area contributed by atoms with Crippen molar-refractivity contribution in [2.75, 3.05) is 49.3 Å². The zero-order valence-electron chi connectivity index (χ0n) is 19.9. The fourth-order valence-electron chi connectivity index (χ4n) is 3.85. The van der Waals surface area contributed by atoms with E-state index in [1.165, 1.54) is 19.0 Å². The van der Waals surface area contributed by atoms with E-state index in [-0.39, 0.29) is 6.04 Å². The molecule has 5 rings (SSSR count). The van der Waals surface area contributed by atoms with Crippen molar-refractivity contribution in [1.82, 2.24) is 34.9 Å². The van der Waals surface area contributed by atoms with Crippen molar-refractivity contribution in [2.24, 2.45) is 0 Å². The standard InChI is InChI=1S/C25H24FN9O2/c26-6-1-9-36-15-21-14-34(7-8-35(21)25-32-16-28-17-33-25)24-30-11-20(12-31-24)3-2-19-4-5-22(29-10-19)23-13-27-18-37-23/h4-5,10-13,16-18,21H,1,6-9,14-15H2/t21-/m1/s1. The summed E-state index contributed by atoms with van der Waals surface area (Å²) in [5, 5.41) is 0. The third-order valence-corrected chi connectivity index (χ3v) is 5.67. The second-order valence-corrected chi connectivity index (χ2v) is 8.17. The summed E-state index contributed by atoms with van der Waals surface area (Å²) in [4.78, 5) is 33.9. The SMILES string of the molecule is FCCCOC[C@H]1CN(c2ncc(C#Cc3ccc(-c4cnco4)nc3)cn2)CCN1c1ncncn1. The van der Waals surface area contributed by atoms with Gasteiger partial charge < -0.3 is 19.0 Å². The maximum atomic E-state index is 12.5. The number of pyridine rings is 1. The van der Waals surface area contributed by atoms with Gasteiger partial charge in [-0.3, -0.25) is 9.37 Å². The van der Waals surface area contributed by atoms with Crippen molar-refractivity contribution in [3.05, 3.63) is 67.1 Å². The molecule has 1 aliphatic heterocycles. The zero-order chi connectivity index (χ0) is 25.3. The summed E-state index contributed by atoms with van der Waals surface area (Å²) < 4.78 is 23.4. The predicted molar refractivity (Wildman–Crippen MR) is 132 cm³/mol. The molecule has 5 heterocycles. The van der Waals surface area contributed by atoms with Crippen LogP contribution in [0.3, 0.4) is 0 Å². The molecule has 11 nitrogen and oxygen atoms in total. The van der Waals surface area contributed by atoms with Gasteiger partial charge in [0.05, 0.1) is 31.1 Å². The summed E-state index contributed by atoms with van der Waals surface area (Å²) in [6, 6.07) is 3.65. The largest absolute Gasteiger partial charge is 0.442 e. The predicted octanol–water partition coefficient (Wildman–Crippen LogP) is 2.18. The van der Waals surface area contributed by atoms with Crippen LogP contribution in [0, 0.1) is 11.8 Å². The van der Waals surface area contributed by atoms with Crippen molar-refractivity contribution in [3.63, 3.8) is 0 Å². The lowest BCUT2D eigenvalue weighted by molar-refractivity contribution is 0.110. The number of oxazole rings is 1. The van der Waals surface area contributed by atoms with Crippen LogP contribution in [0.4, 0.5) is 16.3 Å². The first kappa shape index (κ1) is 24.2. The van der Waals surface area contributed by atoms with Crippen molar-refractivity contribution >= 4 is 11.9 Å². The Kier molecular flexibility index (Phi) is 7.82. The third-order valence-electron chi connectivity index (χ3n) is 5.67. The lowest BCUT2D eigenvalue weighted by Crippen LogP contribution is -2.56. The van der Waals surface area contributed by atoms with Crippen LogP contribution in [0.5, 0.6) is 0 Å². The van der Waals surface area contributed by atoms with E-state index in [0.717, 1.165) is 5.56 Å². The van der Waals surface area contributed by atoms with E-state index in [2.05, 4.69) is 56.5 Å². The van der Waals surface area contributed by atoms with Gasteiger partial charge in [0.15, 0.2) is 12.2 Å². The molecular formula is C25H24FN9O2. The Labute approximate surface area is 212 Å². The lowest BCUT2D eigenvalue weighted by Gasteiger charge is -2.41. The molecule has 12 heteroatoms. The number of aromatic nitrogens is 7. The zero-order valence-corrected chi connectivity index (χ0v) is 19.9. The summed E-state index contributed by atoms with van der Waals surface area (Å²) in [6.45, 7) is 2.32. The molecule has 37 heavy (non-hydrogen) atoms. The third kappa shape index (κ3) is 6.20. The summed E-state index contributed by atoms with van der Waals surface area (Å²) in [5.74, 6) is 7.94. The number of hydrogen-bond donors (Lipinski definition) is 0. The summed E-state index contributed by atoms with van der Waals surface area (Å²) in [5.41, 5.74) is 2.15. The van der Waals surface area contributed by atoms with Crippen LogP contribution in [0.2, 0.25) is 0 Å². The number of halogens is 1. The molecule has 4 aromatic rings. The van der Waals surface area contributed by atoms with E-state index >= 15 is 0 Å². The van der Waals surface area contributed by atoms with Crippen LogP contribution in [-0.2, 0) is 4.74 Å². The molecule has 0 amide bonds. The first-order valence-electron chi connectivity index (χ1n) is 11.8. The molecule has 0 aliphatic carbocycles. The molecule has 1 aliphatic rings. The first-order valence-corrected chi connectivity index (χ1v) is 11.8. The van der Waals surface area contributed by atoms with Crippen LogP contribution >= 0.6 is 0 Å². The highest BCUT2D eigenvalue weighted by Gasteiger charge is 2.30. The van der Waals surface area contributed by atoms with Crippen molar-refractivity contribution in [2.45, 2.75) is 12.5 Å². The number of alkyl halides is 1. The molecule has 0 N–H and O–H groups in total. The minimum Gasteiger partial charge on any atom is -0.442 e. The molecule has 0 aromatic carbocycles. The number of hydrogen-bond acceptors (Lipinski definition) is 11. The second-order valence-electron chi connectivity index (χ2n) is 8.17. The van der Waals surface area contributed by atoms with Gasteiger partial charge in [-0.25, -0.2) is 29.9 Å². The van der Waals surface area contributed by atoms with Crippen LogP contribution in [-0.4, -0.2) is 80.5 Å². The Hall–Kier alpha value is -4.50. The van der Waals surface area contributed by atoms with E-state index < -0.39 is 6.67 Å². The van der Waals surface area contributed by atoms with Crippen molar-refractivity contribution in [1.29, 1.82) is 0 Å². The summed E-state index contributed by atoms with van der Waals surface area (Å²) >= 11 is 0. The molecule has 0 bridgehead atoms. The molecule has 0 radical (unpaired) electrons. The van der Waals surface area contributed by atoms with Gasteiger partial charge in [0.2, 0.25) is 11.9 Å². The molecule has 4 aromatic heterocycles. The quantitative estimate of drug-likeness (QED) is 0.261. The van der Waals surface area contributed by atoms with Gasteiger partial charge >= 0.3 is 0 Å². The lowest BCUT2D eigenvalue weighted by atomic mass is 10.2. The topological polar surface area (TPSA) is 119 Å². The Morgan fingerprint density at radius 2 is 1.73 bits per heavy atom. The van der Waals surface area contributed by atoms with E-state index in [4.69, 9.17) is 9.15 Å². The van der Waals surface area contributed by atoms with E-state index in [1.54, 1.807) is 24.8 Å². The van der Waals surface area contributed by atoms with Crippen LogP contribution in [0.15, 0.2) is 60.4 Å². The molecular weight excluding hydrogens is 477 g/mol. The smallest absolute Gasteiger partial charge is 0.228 e. The maximum Gasteiger partial charge on any atom is 0.228 e. The van der Waals surface area contributed by atoms with Gasteiger partial charge in [-0.15, -0.1) is 0 Å². The second kappa shape index (κ2) is 12.0. The Bertz CT molecular complexity index is 1310. The van der Waals surface area contributed by atoms with E-state index in [1.807, 2.05) is 12.1 Å². The summed E-state index contributed by atoms with van der Waals surface area (Å²) in [6.07, 6.45) is 11.4. The van der Waals surface area contributed by atoms with Gasteiger partial charge in [-0.2, -0.15) is 0 Å². The van der Waals surface area contributed by atoms with Crippen LogP contribution in [0.1, 0.15) is 17.5 Å². The van der Waals surface area contributed by atoms with Crippen molar-refractivity contribution in [3.8, 4) is 23.3 Å². The number of nitrogens with zero attached hydrogens (tertiary/aromatic N) is 9. The molecule has 0 saturated carbocycles. The van der Waals surface area contributed by atoms with Gasteiger partial charge in [0, 0.05) is 50.4 Å². The minimum atomic E-state index is -0.401. The monoisotopic (exact) mass is 501 g/mol. The molecule has 0 unspecified atom stereocenters. The fraction of sp³-hybridized carbons (Fsp3) is 0.320. The average Bonchev–Trinajstić information content (AvgIpc) is 3.50. The maximum absolute atomic E-state index is 12.5. The Morgan fingerprint density at radius 1 is 0.919 bits per heavy atom. The number of ether oxygens (including phenoxy) is 1. The van der Waals surface area contributed by atoms with Gasteiger partial charge in [0.1, 0.15) is 18.3 Å². The molecule has 1 atom stereocenters. The van der Waals surface area contributed by atoms with Gasteiger partial charge in [0.25, 0.3) is 0 Å². The number of anilines is 2. The fourth-order valence-corrected chi connectivity index (χ4v) is 3.85. The average molecular weight is 502 g/mol. The molecule has 1 saturated heterocycles. The highest BCUT2D eigenvalue weighted by Crippen LogP contribution is 2.20. The Morgan fingerprint density at radius 3 is 2.46 bits per heavy atom. The van der Waals surface area contributed by atoms with Gasteiger partial charge in [-0.05, 0) is 18.6 Å². The first-order chi connectivity index (χ1) is 18.3. The molecule has 1 fully saturated rings. The minimum absolute atomic E-state index is 0.0498. The highest BCUT2D eigenvalue weighted by atomic mass is 19.1. The van der Waals surface area contributed by atoms with E-state index in [0.29, 0.717) is 68.2 Å². The van der Waals surface area contributed by atoms with Crippen LogP contribution < -0.4 is 9.80 Å². The summed E-state index contributed by atoms with van der Waals surface area (Å²) in [7, 11) is 0. The Balaban J connectivity index is 1.23. The van der Waals surface area contributed by atoms with E-state index in [9.17, 15) is 4.39 Å². The molecule has 188 valence electrons. The van der Waals surface area contributed by atoms with Gasteiger partial charge in [-0.1, -0.05) is 11.8 Å². The van der Waals surface area contributed by atoms with Crippen molar-refractivity contribution < 1.29 is 13.5 Å². The number of piperazine rings is 1. The highest BCUT2D eigenvalue weighted by molar-refractivity contribution is 5.52. The normalized spacial score (nSPS) is 15.3. The van der Waals surface area contributed by atoms with Crippen LogP contribution in [0.25, 0.3) is 11.5 Å². The molecule has 0 spiro atoms.